The molecule has 0 spiro atoms. The molecule has 1 amide bonds. The minimum absolute atomic E-state index is 0.239. The van der Waals surface area contributed by atoms with Crippen LogP contribution in [0.15, 0.2) is 47.1 Å². The zero-order chi connectivity index (χ0) is 24.3. The summed E-state index contributed by atoms with van der Waals surface area (Å²) in [5.41, 5.74) is 5.02. The van der Waals surface area contributed by atoms with Gasteiger partial charge in [0, 0.05) is 16.7 Å². The fourth-order valence-electron chi connectivity index (χ4n) is 2.89. The van der Waals surface area contributed by atoms with E-state index in [1.54, 1.807) is 30.3 Å². The number of phenolic OH excluding ortho intramolecular Hbond substituents is 1. The molecule has 0 aromatic heterocycles. The normalized spacial score (nSPS) is 12.2. The number of benzene rings is 2. The predicted octanol–water partition coefficient (Wildman–Crippen LogP) is 7.10. The Hall–Kier alpha value is -2.41. The van der Waals surface area contributed by atoms with Gasteiger partial charge in [0.2, 0.25) is 0 Å². The maximum Gasteiger partial charge on any atom is 0.292 e. The minimum atomic E-state index is -0.581. The fourth-order valence-corrected chi connectivity index (χ4v) is 3.19. The molecular weight excluding hydrogens is 449 g/mol. The Labute approximate surface area is 199 Å². The average molecular weight is 478 g/mol. The van der Waals surface area contributed by atoms with Gasteiger partial charge < -0.3 is 5.11 Å². The molecule has 2 rings (SSSR count). The first-order valence-corrected chi connectivity index (χ1v) is 10.8. The maximum atomic E-state index is 12.1. The second-order valence-corrected chi connectivity index (χ2v) is 10.3. The number of hydrogen-bond donors (Lipinski definition) is 2. The Kier molecular flexibility index (Phi) is 8.10. The maximum absolute atomic E-state index is 12.1. The largest absolute Gasteiger partial charge is 0.507 e. The molecular formula is C24H29Cl2N3O3. The lowest BCUT2D eigenvalue weighted by atomic mass is 9.79. The Balaban J connectivity index is 2.08. The van der Waals surface area contributed by atoms with E-state index < -0.39 is 5.91 Å². The van der Waals surface area contributed by atoms with Gasteiger partial charge in [-0.2, -0.15) is 0 Å². The van der Waals surface area contributed by atoms with Crippen molar-refractivity contribution in [3.05, 3.63) is 63.6 Å². The molecule has 172 valence electrons. The highest BCUT2D eigenvalue weighted by Crippen LogP contribution is 2.41. The van der Waals surface area contributed by atoms with Crippen LogP contribution in [-0.2, 0) is 20.5 Å². The topological polar surface area (TPSA) is 83.3 Å². The molecule has 0 aliphatic heterocycles. The number of hydrogen-bond acceptors (Lipinski definition) is 5. The number of amides is 1. The van der Waals surface area contributed by atoms with Crippen LogP contribution in [0.3, 0.4) is 0 Å². The van der Waals surface area contributed by atoms with Crippen molar-refractivity contribution in [2.24, 2.45) is 10.2 Å². The molecule has 6 nitrogen and oxygen atoms in total. The molecule has 8 heteroatoms. The van der Waals surface area contributed by atoms with Crippen LogP contribution in [0.25, 0.3) is 5.70 Å². The van der Waals surface area contributed by atoms with E-state index in [2.05, 4.69) is 22.3 Å². The van der Waals surface area contributed by atoms with Crippen LogP contribution in [-0.4, -0.2) is 17.6 Å². The highest BCUT2D eigenvalue weighted by molar-refractivity contribution is 6.42. The third-order valence-electron chi connectivity index (χ3n) is 4.65. The number of nitrogens with zero attached hydrogens (tertiary/aromatic N) is 2. The molecule has 0 radical (unpaired) electrons. The summed E-state index contributed by atoms with van der Waals surface area (Å²) in [5, 5.41) is 19.4. The predicted molar refractivity (Wildman–Crippen MR) is 130 cm³/mol. The van der Waals surface area contributed by atoms with E-state index in [4.69, 9.17) is 28.0 Å². The van der Waals surface area contributed by atoms with Crippen LogP contribution >= 0.6 is 23.2 Å². The third kappa shape index (κ3) is 6.79. The van der Waals surface area contributed by atoms with Crippen LogP contribution in [0.4, 0.5) is 5.69 Å². The summed E-state index contributed by atoms with van der Waals surface area (Å²) in [7, 11) is 0. The SMILES string of the molecule is C=C(NOCC(=O)N=Nc1cc(C(C)(C)C)c(O)c(C(C)(C)C)c1)c1ccc(Cl)c(Cl)c1. The van der Waals surface area contributed by atoms with Gasteiger partial charge in [0.25, 0.3) is 5.91 Å². The van der Waals surface area contributed by atoms with E-state index in [0.717, 1.165) is 11.1 Å². The second kappa shape index (κ2) is 10.0. The van der Waals surface area contributed by atoms with E-state index in [0.29, 0.717) is 27.0 Å². The lowest BCUT2D eigenvalue weighted by Crippen LogP contribution is -2.17. The molecule has 0 aliphatic carbocycles. The molecule has 0 atom stereocenters. The zero-order valence-electron chi connectivity index (χ0n) is 19.2. The molecule has 0 bridgehead atoms. The number of hydroxylamine groups is 1. The molecule has 0 unspecified atom stereocenters. The number of phenols is 1. The summed E-state index contributed by atoms with van der Waals surface area (Å²) in [4.78, 5) is 17.3. The molecule has 2 N–H and O–H groups in total. The number of carbonyl (C=O) groups excluding carboxylic acids is 1. The van der Waals surface area contributed by atoms with E-state index in [9.17, 15) is 9.90 Å². The van der Waals surface area contributed by atoms with Crippen molar-refractivity contribution in [3.8, 4) is 5.75 Å². The van der Waals surface area contributed by atoms with Gasteiger partial charge in [-0.25, -0.2) is 0 Å². The average Bonchev–Trinajstić information content (AvgIpc) is 2.67. The summed E-state index contributed by atoms with van der Waals surface area (Å²) in [6.07, 6.45) is 0. The van der Waals surface area contributed by atoms with Crippen molar-refractivity contribution in [1.82, 2.24) is 5.48 Å². The third-order valence-corrected chi connectivity index (χ3v) is 5.39. The number of carbonyl (C=O) groups is 1. The first kappa shape index (κ1) is 25.8. The van der Waals surface area contributed by atoms with Crippen molar-refractivity contribution in [1.29, 1.82) is 0 Å². The van der Waals surface area contributed by atoms with Crippen LogP contribution in [0, 0.1) is 0 Å². The number of azo groups is 1. The summed E-state index contributed by atoms with van der Waals surface area (Å²) < 4.78 is 0. The van der Waals surface area contributed by atoms with Gasteiger partial charge >= 0.3 is 0 Å². The van der Waals surface area contributed by atoms with E-state index in [-0.39, 0.29) is 23.2 Å². The lowest BCUT2D eigenvalue weighted by molar-refractivity contribution is -0.124. The van der Waals surface area contributed by atoms with Crippen LogP contribution in [0.5, 0.6) is 5.75 Å². The van der Waals surface area contributed by atoms with Crippen molar-refractivity contribution in [3.63, 3.8) is 0 Å². The van der Waals surface area contributed by atoms with Gasteiger partial charge in [0.15, 0.2) is 6.61 Å². The highest BCUT2D eigenvalue weighted by Gasteiger charge is 2.26. The Morgan fingerprint density at radius 1 is 1.03 bits per heavy atom. The first-order valence-electron chi connectivity index (χ1n) is 10.0. The van der Waals surface area contributed by atoms with E-state index >= 15 is 0 Å². The summed E-state index contributed by atoms with van der Waals surface area (Å²) in [6.45, 7) is 15.5. The second-order valence-electron chi connectivity index (χ2n) is 9.48. The summed E-state index contributed by atoms with van der Waals surface area (Å²) in [6, 6.07) is 8.48. The summed E-state index contributed by atoms with van der Waals surface area (Å²) >= 11 is 11.9. The monoisotopic (exact) mass is 477 g/mol. The van der Waals surface area contributed by atoms with Gasteiger partial charge in [0.1, 0.15) is 5.75 Å². The molecule has 0 aliphatic rings. The van der Waals surface area contributed by atoms with Crippen LogP contribution in [0.2, 0.25) is 10.0 Å². The molecule has 32 heavy (non-hydrogen) atoms. The van der Waals surface area contributed by atoms with Crippen molar-refractivity contribution in [2.75, 3.05) is 6.61 Å². The molecule has 0 saturated carbocycles. The van der Waals surface area contributed by atoms with Crippen molar-refractivity contribution >= 4 is 40.5 Å². The molecule has 0 heterocycles. The zero-order valence-corrected chi connectivity index (χ0v) is 20.7. The van der Waals surface area contributed by atoms with Gasteiger partial charge in [-0.05, 0) is 35.1 Å². The smallest absolute Gasteiger partial charge is 0.292 e. The minimum Gasteiger partial charge on any atom is -0.507 e. The number of rotatable bonds is 6. The van der Waals surface area contributed by atoms with E-state index in [1.165, 1.54) is 0 Å². The van der Waals surface area contributed by atoms with Gasteiger partial charge in [-0.1, -0.05) is 77.4 Å². The molecule has 0 saturated heterocycles. The number of nitrogens with one attached hydrogen (secondary N) is 1. The number of aromatic hydroxyl groups is 1. The molecule has 2 aromatic rings. The van der Waals surface area contributed by atoms with E-state index in [1.807, 2.05) is 41.5 Å². The van der Waals surface area contributed by atoms with Gasteiger partial charge in [0.05, 0.1) is 21.4 Å². The quantitative estimate of drug-likeness (QED) is 0.343. The van der Waals surface area contributed by atoms with Crippen molar-refractivity contribution in [2.45, 2.75) is 52.4 Å². The Morgan fingerprint density at radius 2 is 1.59 bits per heavy atom. The molecule has 2 aromatic carbocycles. The van der Waals surface area contributed by atoms with Gasteiger partial charge in [-0.3, -0.25) is 15.1 Å². The fraction of sp³-hybridized carbons (Fsp3) is 0.375. The standard InChI is InChI=1S/C24H29Cl2N3O3/c1-14(15-8-9-19(25)20(26)10-15)29-32-13-21(30)28-27-16-11-17(23(2,3)4)22(31)18(12-16)24(5,6)7/h8-12,29,31H,1,13H2,2-7H3. The van der Waals surface area contributed by atoms with Crippen LogP contribution < -0.4 is 5.48 Å². The van der Waals surface area contributed by atoms with Gasteiger partial charge in [-0.15, -0.1) is 10.2 Å². The van der Waals surface area contributed by atoms with Crippen molar-refractivity contribution < 1.29 is 14.7 Å². The highest BCUT2D eigenvalue weighted by atomic mass is 35.5. The Bertz CT molecular complexity index is 1020. The lowest BCUT2D eigenvalue weighted by Gasteiger charge is -2.27. The van der Waals surface area contributed by atoms with Crippen LogP contribution in [0.1, 0.15) is 58.2 Å². The first-order chi connectivity index (χ1) is 14.7. The molecule has 0 fully saturated rings. The number of halogens is 2. The Morgan fingerprint density at radius 3 is 2.09 bits per heavy atom. The summed E-state index contributed by atoms with van der Waals surface area (Å²) in [5.74, 6) is -0.342.